The number of terminal acetylenes is 1. The number of alkyl halides is 3. The van der Waals surface area contributed by atoms with Gasteiger partial charge < -0.3 is 5.11 Å². The first-order valence-corrected chi connectivity index (χ1v) is 9.97. The number of benzene rings is 1. The SMILES string of the molecule is C#Cc1cc(C(F)(F)F)cc(S(=O)(=O)NC2CCCc3c2cnn3CC(=O)O)c1.[InH3]. The molecule has 0 radical (unpaired) electrons. The summed E-state index contributed by atoms with van der Waals surface area (Å²) in [7, 11) is -4.33. The molecule has 3 rings (SSSR count). The fourth-order valence-corrected chi connectivity index (χ4v) is 4.58. The van der Waals surface area contributed by atoms with Crippen LogP contribution in [0.4, 0.5) is 13.2 Å². The summed E-state index contributed by atoms with van der Waals surface area (Å²) in [6.07, 6.45) is 3.27. The van der Waals surface area contributed by atoms with E-state index >= 15 is 0 Å². The van der Waals surface area contributed by atoms with E-state index in [2.05, 4.69) is 9.82 Å². The maximum absolute atomic E-state index is 13.1. The summed E-state index contributed by atoms with van der Waals surface area (Å²) in [5, 5.41) is 12.9. The first kappa shape index (κ1) is 24.3. The molecule has 1 unspecified atom stereocenters. The molecule has 1 aliphatic carbocycles. The minimum atomic E-state index is -4.76. The van der Waals surface area contributed by atoms with E-state index in [1.807, 2.05) is 5.92 Å². The summed E-state index contributed by atoms with van der Waals surface area (Å²) < 4.78 is 68.5. The van der Waals surface area contributed by atoms with Gasteiger partial charge >= 0.3 is 38.0 Å². The zero-order valence-electron chi connectivity index (χ0n) is 14.9. The van der Waals surface area contributed by atoms with Crippen LogP contribution in [-0.2, 0) is 34.0 Å². The molecule has 0 saturated heterocycles. The molecule has 1 atom stereocenters. The number of sulfonamides is 1. The summed E-state index contributed by atoms with van der Waals surface area (Å²) in [6, 6.07) is 1.49. The molecule has 1 aliphatic rings. The molecule has 7 nitrogen and oxygen atoms in total. The van der Waals surface area contributed by atoms with Crippen LogP contribution in [0.5, 0.6) is 0 Å². The molecule has 1 aromatic carbocycles. The van der Waals surface area contributed by atoms with Crippen molar-refractivity contribution in [2.75, 3.05) is 0 Å². The van der Waals surface area contributed by atoms with Gasteiger partial charge in [0.05, 0.1) is 22.7 Å². The molecule has 2 aromatic rings. The summed E-state index contributed by atoms with van der Waals surface area (Å²) in [6.45, 7) is -0.367. The minimum absolute atomic E-state index is 0. The third-order valence-corrected chi connectivity index (χ3v) is 6.01. The summed E-state index contributed by atoms with van der Waals surface area (Å²) in [5.41, 5.74) is -0.282. The predicted molar refractivity (Wildman–Crippen MR) is 105 cm³/mol. The van der Waals surface area contributed by atoms with Crippen molar-refractivity contribution in [1.82, 2.24) is 14.5 Å². The van der Waals surface area contributed by atoms with E-state index in [1.165, 1.54) is 10.9 Å². The van der Waals surface area contributed by atoms with Gasteiger partial charge in [-0.25, -0.2) is 13.1 Å². The van der Waals surface area contributed by atoms with E-state index in [4.69, 9.17) is 11.5 Å². The van der Waals surface area contributed by atoms with Crippen molar-refractivity contribution in [3.63, 3.8) is 0 Å². The second-order valence-corrected chi connectivity index (χ2v) is 8.27. The van der Waals surface area contributed by atoms with E-state index < -0.39 is 38.7 Å². The number of aliphatic carboxylic acids is 1. The second kappa shape index (κ2) is 9.03. The molecule has 0 fully saturated rings. The third kappa shape index (κ3) is 5.19. The number of nitrogens with zero attached hydrogens (tertiary/aromatic N) is 2. The molecule has 30 heavy (non-hydrogen) atoms. The summed E-state index contributed by atoms with van der Waals surface area (Å²) >= 11 is 0. The van der Waals surface area contributed by atoms with E-state index in [0.717, 1.165) is 6.07 Å². The zero-order chi connectivity index (χ0) is 21.4. The monoisotopic (exact) mass is 545 g/mol. The number of rotatable bonds is 5. The maximum atomic E-state index is 13.1. The van der Waals surface area contributed by atoms with Crippen molar-refractivity contribution >= 4 is 41.8 Å². The van der Waals surface area contributed by atoms with E-state index in [9.17, 15) is 26.4 Å². The van der Waals surface area contributed by atoms with E-state index in [1.54, 1.807) is 0 Å². The molecule has 0 spiro atoms. The molecular weight excluding hydrogens is 526 g/mol. The number of carbonyl (C=O) groups is 1. The standard InChI is InChI=1S/C18H16F3N3O4S.In.3H/c1-2-11-6-12(18(19,20)21)8-13(7-11)29(27,28)23-15-4-3-5-16-14(15)9-22-24(16)10-17(25)26;;;;/h1,6-9,15,23H,3-5,10H2,(H,25,26);;;;. The average Bonchev–Trinajstić information content (AvgIpc) is 3.03. The Morgan fingerprint density at radius 3 is 2.67 bits per heavy atom. The van der Waals surface area contributed by atoms with Gasteiger partial charge in [0.1, 0.15) is 6.54 Å². The third-order valence-electron chi connectivity index (χ3n) is 4.56. The number of hydrogen-bond donors (Lipinski definition) is 2. The number of carboxylic acids is 1. The number of aromatic nitrogens is 2. The molecule has 0 bridgehead atoms. The Hall–Kier alpha value is -1.97. The van der Waals surface area contributed by atoms with Crippen molar-refractivity contribution in [2.24, 2.45) is 0 Å². The van der Waals surface area contributed by atoms with Gasteiger partial charge in [0, 0.05) is 16.8 Å². The van der Waals surface area contributed by atoms with Crippen molar-refractivity contribution in [3.8, 4) is 12.3 Å². The first-order chi connectivity index (χ1) is 13.5. The quantitative estimate of drug-likeness (QED) is 0.550. The van der Waals surface area contributed by atoms with Crippen LogP contribution in [0.2, 0.25) is 0 Å². The van der Waals surface area contributed by atoms with Crippen molar-refractivity contribution in [2.45, 2.75) is 42.9 Å². The number of nitrogens with one attached hydrogen (secondary N) is 1. The number of hydrogen-bond acceptors (Lipinski definition) is 4. The Bertz CT molecular complexity index is 1110. The van der Waals surface area contributed by atoms with Crippen molar-refractivity contribution < 1.29 is 31.5 Å². The molecule has 1 heterocycles. The Kier molecular flexibility index (Phi) is 7.32. The predicted octanol–water partition coefficient (Wildman–Crippen LogP) is 1.14. The van der Waals surface area contributed by atoms with Gasteiger partial charge in [-0.05, 0) is 37.5 Å². The number of halogens is 3. The average molecular weight is 545 g/mol. The van der Waals surface area contributed by atoms with Gasteiger partial charge in [-0.3, -0.25) is 9.48 Å². The molecule has 160 valence electrons. The summed E-state index contributed by atoms with van der Waals surface area (Å²) in [5.74, 6) is 0.938. The zero-order valence-corrected chi connectivity index (χ0v) is 15.7. The molecule has 0 aliphatic heterocycles. The summed E-state index contributed by atoms with van der Waals surface area (Å²) in [4.78, 5) is 10.3. The molecule has 2 N–H and O–H groups in total. The molecule has 12 heteroatoms. The Balaban J connectivity index is 0.00000320. The van der Waals surface area contributed by atoms with Gasteiger partial charge in [0.25, 0.3) is 0 Å². The fraction of sp³-hybridized carbons (Fsp3) is 0.333. The Labute approximate surface area is 189 Å². The van der Waals surface area contributed by atoms with Crippen LogP contribution in [0, 0.1) is 12.3 Å². The molecule has 0 amide bonds. The fourth-order valence-electron chi connectivity index (χ4n) is 3.26. The normalized spacial score (nSPS) is 16.3. The van der Waals surface area contributed by atoms with Crippen LogP contribution in [-0.4, -0.2) is 55.1 Å². The van der Waals surface area contributed by atoms with Crippen LogP contribution in [0.1, 0.15) is 41.3 Å². The number of fused-ring (bicyclic) bond motifs is 1. The van der Waals surface area contributed by atoms with Crippen molar-refractivity contribution in [1.29, 1.82) is 0 Å². The van der Waals surface area contributed by atoms with Gasteiger partial charge in [0.15, 0.2) is 0 Å². The van der Waals surface area contributed by atoms with Gasteiger partial charge in [-0.2, -0.15) is 18.3 Å². The van der Waals surface area contributed by atoms with Crippen LogP contribution in [0.25, 0.3) is 0 Å². The van der Waals surface area contributed by atoms with Gasteiger partial charge in [0.2, 0.25) is 10.0 Å². The Morgan fingerprint density at radius 1 is 1.37 bits per heavy atom. The van der Waals surface area contributed by atoms with Crippen LogP contribution in [0.3, 0.4) is 0 Å². The Morgan fingerprint density at radius 2 is 2.07 bits per heavy atom. The van der Waals surface area contributed by atoms with Gasteiger partial charge in [-0.1, -0.05) is 5.92 Å². The van der Waals surface area contributed by atoms with E-state index in [0.29, 0.717) is 42.7 Å². The number of carboxylic acid groups (broad SMARTS) is 1. The van der Waals surface area contributed by atoms with Crippen molar-refractivity contribution in [3.05, 3.63) is 46.8 Å². The van der Waals surface area contributed by atoms with Crippen LogP contribution < -0.4 is 4.72 Å². The second-order valence-electron chi connectivity index (χ2n) is 6.55. The van der Waals surface area contributed by atoms with E-state index in [-0.39, 0.29) is 38.0 Å². The molecular formula is C18H19F3InN3O4S. The topological polar surface area (TPSA) is 101 Å². The first-order valence-electron chi connectivity index (χ1n) is 8.49. The molecule has 1 aromatic heterocycles. The van der Waals surface area contributed by atoms with Crippen LogP contribution in [0.15, 0.2) is 29.3 Å². The van der Waals surface area contributed by atoms with Gasteiger partial charge in [-0.15, -0.1) is 6.42 Å². The van der Waals surface area contributed by atoms with Crippen LogP contribution >= 0.6 is 0 Å². The molecule has 0 saturated carbocycles.